The number of rotatable bonds is 7. The minimum Gasteiger partial charge on any atom is -0.395 e. The Kier molecular flexibility index (Phi) is 5.38. The van der Waals surface area contributed by atoms with Crippen molar-refractivity contribution >= 4 is 11.5 Å². The molecule has 0 saturated carbocycles. The van der Waals surface area contributed by atoms with Crippen molar-refractivity contribution < 1.29 is 5.11 Å². The third kappa shape index (κ3) is 3.57. The van der Waals surface area contributed by atoms with Crippen LogP contribution in [0, 0.1) is 13.8 Å². The molecule has 6 nitrogen and oxygen atoms in total. The maximum atomic E-state index is 8.95. The fraction of sp³-hybridized carbons (Fsp3) is 0.500. The van der Waals surface area contributed by atoms with Crippen molar-refractivity contribution in [2.24, 2.45) is 0 Å². The molecule has 0 atom stereocenters. The van der Waals surface area contributed by atoms with Crippen LogP contribution in [0.5, 0.6) is 0 Å². The second-order valence-corrected chi connectivity index (χ2v) is 5.37. The van der Waals surface area contributed by atoms with Crippen LogP contribution in [0.15, 0.2) is 18.3 Å². The van der Waals surface area contributed by atoms with E-state index in [1.54, 1.807) is 0 Å². The highest BCUT2D eigenvalue weighted by molar-refractivity contribution is 5.49. The normalized spacial score (nSPS) is 10.8. The Labute approximate surface area is 131 Å². The van der Waals surface area contributed by atoms with Crippen LogP contribution < -0.4 is 10.2 Å². The number of hydrogen-bond donors (Lipinski definition) is 2. The molecule has 22 heavy (non-hydrogen) atoms. The van der Waals surface area contributed by atoms with Crippen LogP contribution in [-0.2, 0) is 13.1 Å². The van der Waals surface area contributed by atoms with Crippen molar-refractivity contribution in [2.75, 3.05) is 30.4 Å². The van der Waals surface area contributed by atoms with Crippen LogP contribution in [0.3, 0.4) is 0 Å². The molecule has 0 amide bonds. The molecule has 0 aliphatic rings. The standard InChI is InChI=1S/C16H25N5O/c1-5-21-13(3)15(12(2)19-21)11-18-16-7-6-14(10-17-16)20(4)8-9-22/h6-7,10,22H,5,8-9,11H2,1-4H3,(H,17,18). The van der Waals surface area contributed by atoms with Crippen molar-refractivity contribution in [3.05, 3.63) is 35.3 Å². The first-order chi connectivity index (χ1) is 10.6. The van der Waals surface area contributed by atoms with Gasteiger partial charge in [0.25, 0.3) is 0 Å². The van der Waals surface area contributed by atoms with E-state index in [1.165, 1.54) is 11.3 Å². The Morgan fingerprint density at radius 3 is 2.64 bits per heavy atom. The van der Waals surface area contributed by atoms with Crippen molar-refractivity contribution in [3.63, 3.8) is 0 Å². The van der Waals surface area contributed by atoms with Crippen molar-refractivity contribution in [3.8, 4) is 0 Å². The van der Waals surface area contributed by atoms with Gasteiger partial charge in [-0.3, -0.25) is 4.68 Å². The number of anilines is 2. The molecule has 0 unspecified atom stereocenters. The summed E-state index contributed by atoms with van der Waals surface area (Å²) in [4.78, 5) is 6.39. The van der Waals surface area contributed by atoms with Crippen LogP contribution >= 0.6 is 0 Å². The van der Waals surface area contributed by atoms with Gasteiger partial charge in [-0.15, -0.1) is 0 Å². The topological polar surface area (TPSA) is 66.2 Å². The predicted molar refractivity (Wildman–Crippen MR) is 89.3 cm³/mol. The van der Waals surface area contributed by atoms with Gasteiger partial charge in [-0.2, -0.15) is 5.10 Å². The van der Waals surface area contributed by atoms with Crippen LogP contribution in [0.2, 0.25) is 0 Å². The summed E-state index contributed by atoms with van der Waals surface area (Å²) in [5.74, 6) is 0.837. The van der Waals surface area contributed by atoms with E-state index in [9.17, 15) is 0 Å². The fourth-order valence-corrected chi connectivity index (χ4v) is 2.47. The minimum absolute atomic E-state index is 0.135. The molecule has 2 heterocycles. The number of pyridine rings is 1. The molecule has 0 fully saturated rings. The van der Waals surface area contributed by atoms with Gasteiger partial charge in [0, 0.05) is 37.9 Å². The molecule has 0 saturated heterocycles. The van der Waals surface area contributed by atoms with Crippen LogP contribution in [-0.4, -0.2) is 40.1 Å². The summed E-state index contributed by atoms with van der Waals surface area (Å²) in [6.45, 7) is 8.57. The van der Waals surface area contributed by atoms with E-state index in [-0.39, 0.29) is 6.61 Å². The zero-order valence-electron chi connectivity index (χ0n) is 13.8. The van der Waals surface area contributed by atoms with E-state index in [1.807, 2.05) is 41.9 Å². The lowest BCUT2D eigenvalue weighted by Gasteiger charge is -2.17. The van der Waals surface area contributed by atoms with Crippen LogP contribution in [0.25, 0.3) is 0 Å². The zero-order valence-corrected chi connectivity index (χ0v) is 13.8. The molecule has 0 aromatic carbocycles. The van der Waals surface area contributed by atoms with E-state index in [0.717, 1.165) is 30.3 Å². The first-order valence-electron chi connectivity index (χ1n) is 7.61. The summed E-state index contributed by atoms with van der Waals surface area (Å²) in [6, 6.07) is 3.96. The number of hydrogen-bond acceptors (Lipinski definition) is 5. The van der Waals surface area contributed by atoms with Gasteiger partial charge in [0.05, 0.1) is 24.2 Å². The Morgan fingerprint density at radius 1 is 1.32 bits per heavy atom. The molecule has 2 rings (SSSR count). The lowest BCUT2D eigenvalue weighted by atomic mass is 10.2. The lowest BCUT2D eigenvalue weighted by molar-refractivity contribution is 0.304. The predicted octanol–water partition coefficient (Wildman–Crippen LogP) is 1.96. The minimum atomic E-state index is 0.135. The molecule has 0 aliphatic carbocycles. The Bertz CT molecular complexity index is 606. The number of nitrogens with zero attached hydrogens (tertiary/aromatic N) is 4. The number of aliphatic hydroxyl groups excluding tert-OH is 1. The van der Waals surface area contributed by atoms with Gasteiger partial charge in [0.15, 0.2) is 0 Å². The van der Waals surface area contributed by atoms with Gasteiger partial charge >= 0.3 is 0 Å². The number of aromatic nitrogens is 3. The maximum absolute atomic E-state index is 8.95. The van der Waals surface area contributed by atoms with E-state index in [2.05, 4.69) is 29.2 Å². The summed E-state index contributed by atoms with van der Waals surface area (Å²) in [6.07, 6.45) is 1.81. The van der Waals surface area contributed by atoms with Gasteiger partial charge in [0.2, 0.25) is 0 Å². The maximum Gasteiger partial charge on any atom is 0.126 e. The molecular weight excluding hydrogens is 278 g/mol. The lowest BCUT2D eigenvalue weighted by Crippen LogP contribution is -2.21. The first-order valence-corrected chi connectivity index (χ1v) is 7.61. The van der Waals surface area contributed by atoms with Gasteiger partial charge in [-0.25, -0.2) is 4.98 Å². The van der Waals surface area contributed by atoms with Crippen molar-refractivity contribution in [2.45, 2.75) is 33.9 Å². The smallest absolute Gasteiger partial charge is 0.126 e. The van der Waals surface area contributed by atoms with Gasteiger partial charge < -0.3 is 15.3 Å². The second-order valence-electron chi connectivity index (χ2n) is 5.37. The molecule has 2 aromatic rings. The molecule has 6 heteroatoms. The Balaban J connectivity index is 2.02. The third-order valence-corrected chi connectivity index (χ3v) is 3.90. The van der Waals surface area contributed by atoms with Crippen LogP contribution in [0.4, 0.5) is 11.5 Å². The van der Waals surface area contributed by atoms with Crippen molar-refractivity contribution in [1.29, 1.82) is 0 Å². The highest BCUT2D eigenvalue weighted by atomic mass is 16.3. The largest absolute Gasteiger partial charge is 0.395 e. The SMILES string of the molecule is CCn1nc(C)c(CNc2ccc(N(C)CCO)cn2)c1C. The van der Waals surface area contributed by atoms with E-state index in [4.69, 9.17) is 5.11 Å². The molecule has 120 valence electrons. The number of aliphatic hydroxyl groups is 1. The highest BCUT2D eigenvalue weighted by Crippen LogP contribution is 2.17. The van der Waals surface area contributed by atoms with Gasteiger partial charge in [-0.1, -0.05) is 0 Å². The number of aryl methyl sites for hydroxylation is 2. The van der Waals surface area contributed by atoms with E-state index >= 15 is 0 Å². The summed E-state index contributed by atoms with van der Waals surface area (Å²) in [7, 11) is 1.94. The number of nitrogens with one attached hydrogen (secondary N) is 1. The molecule has 0 aliphatic heterocycles. The fourth-order valence-electron chi connectivity index (χ4n) is 2.47. The average molecular weight is 303 g/mol. The highest BCUT2D eigenvalue weighted by Gasteiger charge is 2.10. The van der Waals surface area contributed by atoms with Gasteiger partial charge in [-0.05, 0) is 32.9 Å². The van der Waals surface area contributed by atoms with Crippen LogP contribution in [0.1, 0.15) is 23.9 Å². The molecular formula is C16H25N5O. The zero-order chi connectivity index (χ0) is 16.1. The summed E-state index contributed by atoms with van der Waals surface area (Å²) in [5.41, 5.74) is 4.48. The van der Waals surface area contributed by atoms with E-state index in [0.29, 0.717) is 6.54 Å². The summed E-state index contributed by atoms with van der Waals surface area (Å²) in [5, 5.41) is 16.8. The molecule has 2 aromatic heterocycles. The monoisotopic (exact) mass is 303 g/mol. The van der Waals surface area contributed by atoms with Gasteiger partial charge in [0.1, 0.15) is 5.82 Å². The molecule has 0 radical (unpaired) electrons. The molecule has 2 N–H and O–H groups in total. The quantitative estimate of drug-likeness (QED) is 0.818. The first kappa shape index (κ1) is 16.3. The average Bonchev–Trinajstić information content (AvgIpc) is 2.80. The number of likely N-dealkylation sites (N-methyl/N-ethyl adjacent to an activating group) is 1. The van der Waals surface area contributed by atoms with E-state index < -0.39 is 0 Å². The Hall–Kier alpha value is -2.08. The Morgan fingerprint density at radius 2 is 2.09 bits per heavy atom. The summed E-state index contributed by atoms with van der Waals surface area (Å²) < 4.78 is 2.02. The van der Waals surface area contributed by atoms with Crippen molar-refractivity contribution in [1.82, 2.24) is 14.8 Å². The molecule has 0 bridgehead atoms. The second kappa shape index (κ2) is 7.26. The summed E-state index contributed by atoms with van der Waals surface area (Å²) >= 11 is 0. The third-order valence-electron chi connectivity index (χ3n) is 3.90. The molecule has 0 spiro atoms.